The Bertz CT molecular complexity index is 1200. The van der Waals surface area contributed by atoms with E-state index in [9.17, 15) is 23.1 Å². The van der Waals surface area contributed by atoms with Crippen molar-refractivity contribution < 1.29 is 23.1 Å². The molecular weight excluding hydrogens is 449 g/mol. The van der Waals surface area contributed by atoms with Crippen LogP contribution in [0.1, 0.15) is 42.6 Å². The minimum absolute atomic E-state index is 0.0850. The van der Waals surface area contributed by atoms with E-state index in [2.05, 4.69) is 15.0 Å². The topological polar surface area (TPSA) is 110 Å². The lowest BCUT2D eigenvalue weighted by atomic mass is 9.77. The van der Waals surface area contributed by atoms with Crippen LogP contribution in [0.3, 0.4) is 0 Å². The maximum atomic E-state index is 13.1. The molecule has 0 saturated heterocycles. The van der Waals surface area contributed by atoms with Crippen molar-refractivity contribution in [2.24, 2.45) is 11.7 Å². The quantitative estimate of drug-likeness (QED) is 0.585. The summed E-state index contributed by atoms with van der Waals surface area (Å²) in [5, 5.41) is 11.1. The molecular formula is C23H25F3N6O2. The SMILES string of the molecule is Cc1cc(N(C)c2nccc(C(F)(F)F)n2)cc(-n2cnc(C3(O)CCC(C(N)=O)CC3)c2)c1. The number of nitrogens with two attached hydrogens (primary N) is 1. The third kappa shape index (κ3) is 4.74. The first-order valence-corrected chi connectivity index (χ1v) is 10.8. The molecule has 1 fully saturated rings. The van der Waals surface area contributed by atoms with Gasteiger partial charge in [0, 0.05) is 36.7 Å². The number of hydrogen-bond donors (Lipinski definition) is 2. The second-order valence-electron chi connectivity index (χ2n) is 8.70. The molecule has 1 aromatic carbocycles. The summed E-state index contributed by atoms with van der Waals surface area (Å²) in [4.78, 5) is 24.9. The molecule has 0 unspecified atom stereocenters. The summed E-state index contributed by atoms with van der Waals surface area (Å²) in [6, 6.07) is 6.30. The highest BCUT2D eigenvalue weighted by Crippen LogP contribution is 2.39. The summed E-state index contributed by atoms with van der Waals surface area (Å²) >= 11 is 0. The van der Waals surface area contributed by atoms with E-state index in [-0.39, 0.29) is 17.8 Å². The highest BCUT2D eigenvalue weighted by molar-refractivity contribution is 5.76. The lowest BCUT2D eigenvalue weighted by Crippen LogP contribution is -2.36. The maximum absolute atomic E-state index is 13.1. The van der Waals surface area contributed by atoms with Gasteiger partial charge in [-0.2, -0.15) is 13.2 Å². The Balaban J connectivity index is 1.60. The molecule has 1 aliphatic rings. The Labute approximate surface area is 194 Å². The first kappa shape index (κ1) is 23.7. The van der Waals surface area contributed by atoms with E-state index in [0.717, 1.165) is 17.8 Å². The van der Waals surface area contributed by atoms with E-state index in [1.54, 1.807) is 30.2 Å². The van der Waals surface area contributed by atoms with Gasteiger partial charge in [-0.1, -0.05) is 0 Å². The minimum Gasteiger partial charge on any atom is -0.383 e. The highest BCUT2D eigenvalue weighted by atomic mass is 19.4. The fraction of sp³-hybridized carbons (Fsp3) is 0.391. The molecule has 2 aromatic heterocycles. The van der Waals surface area contributed by atoms with Crippen LogP contribution in [0, 0.1) is 12.8 Å². The monoisotopic (exact) mass is 474 g/mol. The summed E-state index contributed by atoms with van der Waals surface area (Å²) in [6.45, 7) is 1.87. The second-order valence-corrected chi connectivity index (χ2v) is 8.70. The molecule has 8 nitrogen and oxygen atoms in total. The number of halogens is 3. The van der Waals surface area contributed by atoms with Crippen LogP contribution >= 0.6 is 0 Å². The first-order chi connectivity index (χ1) is 16.0. The first-order valence-electron chi connectivity index (χ1n) is 10.8. The number of amides is 1. The van der Waals surface area contributed by atoms with Crippen molar-refractivity contribution >= 4 is 17.5 Å². The molecule has 3 N–H and O–H groups in total. The maximum Gasteiger partial charge on any atom is 0.433 e. The van der Waals surface area contributed by atoms with Crippen LogP contribution in [-0.2, 0) is 16.6 Å². The minimum atomic E-state index is -4.57. The van der Waals surface area contributed by atoms with Crippen LogP contribution < -0.4 is 10.6 Å². The van der Waals surface area contributed by atoms with Crippen molar-refractivity contribution in [2.75, 3.05) is 11.9 Å². The van der Waals surface area contributed by atoms with E-state index < -0.39 is 17.5 Å². The molecule has 0 radical (unpaired) electrons. The van der Waals surface area contributed by atoms with Gasteiger partial charge in [-0.05, 0) is 62.4 Å². The summed E-state index contributed by atoms with van der Waals surface area (Å²) in [7, 11) is 1.59. The number of nitrogens with zero attached hydrogens (tertiary/aromatic N) is 5. The standard InChI is InChI=1S/C23H25F3N6O2/c1-14-9-16(31(2)21-28-8-5-18(30-21)23(24,25)26)11-17(10-14)32-12-19(29-13-32)22(34)6-3-15(4-7-22)20(27)33/h5,8-13,15,34H,3-4,6-7H2,1-2H3,(H2,27,33). The lowest BCUT2D eigenvalue weighted by Gasteiger charge is -2.33. The highest BCUT2D eigenvalue weighted by Gasteiger charge is 2.38. The van der Waals surface area contributed by atoms with Crippen molar-refractivity contribution in [3.05, 3.63) is 59.9 Å². The number of carbonyl (C=O) groups is 1. The number of primary amides is 1. The van der Waals surface area contributed by atoms with E-state index in [1.807, 2.05) is 19.1 Å². The molecule has 11 heteroatoms. The van der Waals surface area contributed by atoms with Crippen molar-refractivity contribution in [3.63, 3.8) is 0 Å². The van der Waals surface area contributed by atoms with Gasteiger partial charge < -0.3 is 20.3 Å². The van der Waals surface area contributed by atoms with Gasteiger partial charge in [0.25, 0.3) is 0 Å². The van der Waals surface area contributed by atoms with E-state index in [1.165, 1.54) is 4.90 Å². The van der Waals surface area contributed by atoms with Gasteiger partial charge in [-0.25, -0.2) is 15.0 Å². The molecule has 2 heterocycles. The number of aryl methyl sites for hydroxylation is 1. The van der Waals surface area contributed by atoms with Gasteiger partial charge in [0.15, 0.2) is 0 Å². The zero-order valence-corrected chi connectivity index (χ0v) is 18.8. The average Bonchev–Trinajstić information content (AvgIpc) is 3.29. The normalized spacial score (nSPS) is 20.8. The van der Waals surface area contributed by atoms with E-state index >= 15 is 0 Å². The molecule has 1 aliphatic carbocycles. The Kier molecular flexibility index (Phi) is 6.07. The Morgan fingerprint density at radius 2 is 1.94 bits per heavy atom. The zero-order chi connectivity index (χ0) is 24.7. The summed E-state index contributed by atoms with van der Waals surface area (Å²) < 4.78 is 40.9. The number of anilines is 2. The third-order valence-corrected chi connectivity index (χ3v) is 6.24. The van der Waals surface area contributed by atoms with Gasteiger partial charge >= 0.3 is 6.18 Å². The molecule has 3 aromatic rings. The molecule has 0 spiro atoms. The fourth-order valence-electron chi connectivity index (χ4n) is 4.21. The van der Waals surface area contributed by atoms with Crippen molar-refractivity contribution in [1.82, 2.24) is 19.5 Å². The molecule has 1 amide bonds. The average molecular weight is 474 g/mol. The second kappa shape index (κ2) is 8.71. The van der Waals surface area contributed by atoms with Crippen molar-refractivity contribution in [1.29, 1.82) is 0 Å². The van der Waals surface area contributed by atoms with Crippen LogP contribution in [0.4, 0.5) is 24.8 Å². The van der Waals surface area contributed by atoms with Gasteiger partial charge in [0.1, 0.15) is 11.3 Å². The molecule has 180 valence electrons. The third-order valence-electron chi connectivity index (χ3n) is 6.24. The molecule has 4 rings (SSSR count). The number of imidazole rings is 1. The Morgan fingerprint density at radius 3 is 2.59 bits per heavy atom. The molecule has 0 bridgehead atoms. The van der Waals surface area contributed by atoms with Crippen LogP contribution in [0.5, 0.6) is 0 Å². The van der Waals surface area contributed by atoms with Gasteiger partial charge in [0.05, 0.1) is 12.0 Å². The number of hydrogen-bond acceptors (Lipinski definition) is 6. The predicted octanol–water partition coefficient (Wildman–Crippen LogP) is 3.62. The number of benzene rings is 1. The number of aromatic nitrogens is 4. The van der Waals surface area contributed by atoms with Crippen LogP contribution in [0.25, 0.3) is 5.69 Å². The lowest BCUT2D eigenvalue weighted by molar-refractivity contribution is -0.141. The summed E-state index contributed by atoms with van der Waals surface area (Å²) in [6.07, 6.45) is 1.56. The molecule has 0 atom stereocenters. The Morgan fingerprint density at radius 1 is 1.24 bits per heavy atom. The molecule has 1 saturated carbocycles. The summed E-state index contributed by atoms with van der Waals surface area (Å²) in [5.74, 6) is -0.678. The van der Waals surface area contributed by atoms with Crippen molar-refractivity contribution in [3.8, 4) is 5.69 Å². The number of alkyl halides is 3. The van der Waals surface area contributed by atoms with Crippen LogP contribution in [0.2, 0.25) is 0 Å². The molecule has 34 heavy (non-hydrogen) atoms. The van der Waals surface area contributed by atoms with Gasteiger partial charge in [-0.3, -0.25) is 4.79 Å². The van der Waals surface area contributed by atoms with Crippen molar-refractivity contribution in [2.45, 2.75) is 44.4 Å². The van der Waals surface area contributed by atoms with E-state index in [4.69, 9.17) is 5.73 Å². The largest absolute Gasteiger partial charge is 0.433 e. The van der Waals surface area contributed by atoms with Crippen LogP contribution in [0.15, 0.2) is 43.0 Å². The molecule has 0 aliphatic heterocycles. The predicted molar refractivity (Wildman–Crippen MR) is 118 cm³/mol. The Hall–Kier alpha value is -3.47. The number of carbonyl (C=O) groups excluding carboxylic acids is 1. The summed E-state index contributed by atoms with van der Waals surface area (Å²) in [5.41, 5.74) is 5.88. The van der Waals surface area contributed by atoms with E-state index in [0.29, 0.717) is 42.8 Å². The fourth-order valence-corrected chi connectivity index (χ4v) is 4.21. The van der Waals surface area contributed by atoms with Gasteiger partial charge in [-0.15, -0.1) is 0 Å². The zero-order valence-electron chi connectivity index (χ0n) is 18.8. The van der Waals surface area contributed by atoms with Gasteiger partial charge in [0.2, 0.25) is 11.9 Å². The van der Waals surface area contributed by atoms with Crippen LogP contribution in [-0.4, -0.2) is 37.6 Å². The smallest absolute Gasteiger partial charge is 0.383 e. The number of aliphatic hydroxyl groups is 1. The number of rotatable bonds is 5.